The second-order valence-electron chi connectivity index (χ2n) is 5.38. The lowest BCUT2D eigenvalue weighted by Gasteiger charge is -2.28. The van der Waals surface area contributed by atoms with Gasteiger partial charge in [-0.2, -0.15) is 0 Å². The molecule has 0 saturated heterocycles. The Balaban J connectivity index is 2.09. The summed E-state index contributed by atoms with van der Waals surface area (Å²) >= 11 is 6.82. The molecule has 112 valence electrons. The Hall–Kier alpha value is -0.110. The first-order valence-corrected chi connectivity index (χ1v) is 9.68. The van der Waals surface area contributed by atoms with Crippen molar-refractivity contribution < 1.29 is 13.2 Å². The average Bonchev–Trinajstić information content (AvgIpc) is 2.74. The Bertz CT molecular complexity index is 583. The van der Waals surface area contributed by atoms with E-state index >= 15 is 0 Å². The molecule has 0 unspecified atom stereocenters. The van der Waals surface area contributed by atoms with E-state index in [0.29, 0.717) is 12.4 Å². The van der Waals surface area contributed by atoms with Crippen LogP contribution in [0.4, 0.5) is 0 Å². The summed E-state index contributed by atoms with van der Waals surface area (Å²) in [7, 11) is -3.49. The van der Waals surface area contributed by atoms with E-state index in [-0.39, 0.29) is 11.2 Å². The smallest absolute Gasteiger partial charge is 0.209 e. The van der Waals surface area contributed by atoms with Crippen LogP contribution >= 0.6 is 31.9 Å². The summed E-state index contributed by atoms with van der Waals surface area (Å²) in [6.07, 6.45) is 3.75. The van der Waals surface area contributed by atoms with E-state index in [1.165, 1.54) is 0 Å². The van der Waals surface area contributed by atoms with Crippen molar-refractivity contribution >= 4 is 41.9 Å². The molecular weight excluding hydrogens is 410 g/mol. The van der Waals surface area contributed by atoms with E-state index in [1.54, 1.807) is 0 Å². The van der Waals surface area contributed by atoms with Crippen LogP contribution in [0.5, 0.6) is 5.75 Å². The van der Waals surface area contributed by atoms with Gasteiger partial charge in [0, 0.05) is 9.89 Å². The molecule has 0 aliphatic heterocycles. The predicted molar refractivity (Wildman–Crippen MR) is 86.2 cm³/mol. The summed E-state index contributed by atoms with van der Waals surface area (Å²) in [5.41, 5.74) is -0.347. The molecule has 1 fully saturated rings. The summed E-state index contributed by atoms with van der Waals surface area (Å²) in [6.45, 7) is 0.379. The molecule has 1 aliphatic rings. The van der Waals surface area contributed by atoms with Crippen molar-refractivity contribution in [2.45, 2.75) is 25.7 Å². The molecule has 0 aromatic heterocycles. The summed E-state index contributed by atoms with van der Waals surface area (Å²) in [4.78, 5) is 0. The molecule has 1 saturated carbocycles. The van der Waals surface area contributed by atoms with Gasteiger partial charge in [0.05, 0.1) is 16.8 Å². The highest BCUT2D eigenvalue weighted by atomic mass is 79.9. The molecule has 7 heteroatoms. The van der Waals surface area contributed by atoms with Gasteiger partial charge in [-0.25, -0.2) is 13.6 Å². The van der Waals surface area contributed by atoms with Crippen LogP contribution in [0.1, 0.15) is 25.7 Å². The SMILES string of the molecule is NS(=O)(=O)CC1(COc2ccc(Br)cc2Br)CCCC1. The molecule has 1 aromatic carbocycles. The minimum absolute atomic E-state index is 0.00581. The second-order valence-corrected chi connectivity index (χ2v) is 8.76. The monoisotopic (exact) mass is 425 g/mol. The lowest BCUT2D eigenvalue weighted by atomic mass is 9.90. The fraction of sp³-hybridized carbons (Fsp3) is 0.538. The Morgan fingerprint density at radius 2 is 1.90 bits per heavy atom. The number of hydrogen-bond donors (Lipinski definition) is 1. The molecule has 0 bridgehead atoms. The number of ether oxygens (including phenoxy) is 1. The van der Waals surface area contributed by atoms with Crippen LogP contribution < -0.4 is 9.88 Å². The Labute approximate surface area is 136 Å². The van der Waals surface area contributed by atoms with Crippen LogP contribution in [0.3, 0.4) is 0 Å². The topological polar surface area (TPSA) is 69.4 Å². The molecular formula is C13H17Br2NO3S. The van der Waals surface area contributed by atoms with Crippen molar-refractivity contribution in [1.82, 2.24) is 0 Å². The van der Waals surface area contributed by atoms with Gasteiger partial charge in [0.2, 0.25) is 10.0 Å². The van der Waals surface area contributed by atoms with E-state index < -0.39 is 10.0 Å². The molecule has 2 N–H and O–H groups in total. The van der Waals surface area contributed by atoms with Crippen molar-refractivity contribution in [1.29, 1.82) is 0 Å². The fourth-order valence-electron chi connectivity index (χ4n) is 2.71. The lowest BCUT2D eigenvalue weighted by Crippen LogP contribution is -2.36. The van der Waals surface area contributed by atoms with Crippen molar-refractivity contribution in [3.63, 3.8) is 0 Å². The Morgan fingerprint density at radius 3 is 2.45 bits per heavy atom. The van der Waals surface area contributed by atoms with Gasteiger partial charge in [-0.05, 0) is 47.0 Å². The third-order valence-electron chi connectivity index (χ3n) is 3.60. The van der Waals surface area contributed by atoms with E-state index in [2.05, 4.69) is 31.9 Å². The number of primary sulfonamides is 1. The normalized spacial score (nSPS) is 18.1. The molecule has 0 radical (unpaired) electrons. The highest BCUT2D eigenvalue weighted by molar-refractivity contribution is 9.11. The maximum atomic E-state index is 11.4. The van der Waals surface area contributed by atoms with Gasteiger partial charge in [0.15, 0.2) is 0 Å². The summed E-state index contributed by atoms with van der Waals surface area (Å²) in [5, 5.41) is 5.22. The zero-order valence-corrected chi connectivity index (χ0v) is 14.9. The van der Waals surface area contributed by atoms with Crippen molar-refractivity contribution in [3.8, 4) is 5.75 Å². The van der Waals surface area contributed by atoms with E-state index in [0.717, 1.165) is 34.6 Å². The van der Waals surface area contributed by atoms with Gasteiger partial charge in [-0.1, -0.05) is 28.8 Å². The largest absolute Gasteiger partial charge is 0.492 e. The van der Waals surface area contributed by atoms with Crippen molar-refractivity contribution in [2.24, 2.45) is 10.6 Å². The zero-order chi connectivity index (χ0) is 14.8. The first-order chi connectivity index (χ1) is 9.30. The molecule has 20 heavy (non-hydrogen) atoms. The van der Waals surface area contributed by atoms with Crippen LogP contribution in [0.2, 0.25) is 0 Å². The number of rotatable bonds is 5. The average molecular weight is 427 g/mol. The van der Waals surface area contributed by atoms with Crippen LogP contribution in [0, 0.1) is 5.41 Å². The molecule has 0 amide bonds. The van der Waals surface area contributed by atoms with Crippen LogP contribution in [-0.2, 0) is 10.0 Å². The Morgan fingerprint density at radius 1 is 1.25 bits per heavy atom. The lowest BCUT2D eigenvalue weighted by molar-refractivity contribution is 0.169. The number of benzene rings is 1. The summed E-state index contributed by atoms with van der Waals surface area (Å²) in [5.74, 6) is 0.711. The molecule has 0 atom stereocenters. The van der Waals surface area contributed by atoms with E-state index in [1.807, 2.05) is 18.2 Å². The van der Waals surface area contributed by atoms with Gasteiger partial charge in [-0.15, -0.1) is 0 Å². The van der Waals surface area contributed by atoms with Gasteiger partial charge in [0.1, 0.15) is 5.75 Å². The van der Waals surface area contributed by atoms with Crippen LogP contribution in [0.25, 0.3) is 0 Å². The van der Waals surface area contributed by atoms with E-state index in [9.17, 15) is 8.42 Å². The standard InChI is InChI=1S/C13H17Br2NO3S/c14-10-3-4-12(11(15)7-10)19-8-13(5-1-2-6-13)9-20(16,17)18/h3-4,7H,1-2,5-6,8-9H2,(H2,16,17,18). The number of nitrogens with two attached hydrogens (primary N) is 1. The van der Waals surface area contributed by atoms with Gasteiger partial charge in [-0.3, -0.25) is 0 Å². The number of sulfonamides is 1. The quantitative estimate of drug-likeness (QED) is 0.783. The van der Waals surface area contributed by atoms with Gasteiger partial charge in [0.25, 0.3) is 0 Å². The van der Waals surface area contributed by atoms with Crippen LogP contribution in [0.15, 0.2) is 27.1 Å². The number of hydrogen-bond acceptors (Lipinski definition) is 3. The molecule has 0 spiro atoms. The van der Waals surface area contributed by atoms with Crippen LogP contribution in [-0.4, -0.2) is 20.8 Å². The summed E-state index contributed by atoms with van der Waals surface area (Å²) in [6, 6.07) is 5.64. The first kappa shape index (κ1) is 16.3. The maximum absolute atomic E-state index is 11.4. The molecule has 0 heterocycles. The second kappa shape index (κ2) is 6.34. The third-order valence-corrected chi connectivity index (χ3v) is 5.73. The van der Waals surface area contributed by atoms with Crippen molar-refractivity contribution in [2.75, 3.05) is 12.4 Å². The van der Waals surface area contributed by atoms with Gasteiger partial charge >= 0.3 is 0 Å². The zero-order valence-electron chi connectivity index (χ0n) is 10.9. The highest BCUT2D eigenvalue weighted by Crippen LogP contribution is 2.40. The molecule has 2 rings (SSSR count). The molecule has 4 nitrogen and oxygen atoms in total. The fourth-order valence-corrected chi connectivity index (χ4v) is 5.09. The maximum Gasteiger partial charge on any atom is 0.209 e. The third kappa shape index (κ3) is 4.44. The minimum Gasteiger partial charge on any atom is -0.492 e. The van der Waals surface area contributed by atoms with Gasteiger partial charge < -0.3 is 4.74 Å². The molecule has 1 aliphatic carbocycles. The van der Waals surface area contributed by atoms with Crippen molar-refractivity contribution in [3.05, 3.63) is 27.1 Å². The summed E-state index contributed by atoms with van der Waals surface area (Å²) < 4.78 is 30.5. The number of halogens is 2. The minimum atomic E-state index is -3.49. The Kier molecular flexibility index (Phi) is 5.15. The predicted octanol–water partition coefficient (Wildman–Crippen LogP) is 3.44. The molecule has 1 aromatic rings. The van der Waals surface area contributed by atoms with E-state index in [4.69, 9.17) is 9.88 Å². The highest BCUT2D eigenvalue weighted by Gasteiger charge is 2.38. The first-order valence-electron chi connectivity index (χ1n) is 6.38.